The summed E-state index contributed by atoms with van der Waals surface area (Å²) >= 11 is 0. The smallest absolute Gasteiger partial charge is 0.0355 e. The maximum atomic E-state index is 5.99. The summed E-state index contributed by atoms with van der Waals surface area (Å²) in [5.74, 6) is 1.08. The first-order chi connectivity index (χ1) is 14.4. The van der Waals surface area contributed by atoms with Crippen molar-refractivity contribution in [3.8, 4) is 0 Å². The lowest BCUT2D eigenvalue weighted by Gasteiger charge is -2.13. The number of benzene rings is 4. The van der Waals surface area contributed by atoms with Gasteiger partial charge in [0.1, 0.15) is 0 Å². The van der Waals surface area contributed by atoms with Crippen LogP contribution in [0.25, 0.3) is 21.5 Å². The molecule has 0 spiro atoms. The van der Waals surface area contributed by atoms with E-state index in [1.54, 1.807) is 0 Å². The van der Waals surface area contributed by atoms with E-state index in [1.807, 2.05) is 19.9 Å². The lowest BCUT2D eigenvalue weighted by molar-refractivity contribution is 0.867. The third-order valence-corrected chi connectivity index (χ3v) is 5.34. The summed E-state index contributed by atoms with van der Waals surface area (Å²) < 4.78 is 0. The monoisotopic (exact) mass is 399 g/mol. The summed E-state index contributed by atoms with van der Waals surface area (Å²) in [6.45, 7) is 15.0. The highest BCUT2D eigenvalue weighted by Crippen LogP contribution is 2.28. The highest BCUT2D eigenvalue weighted by atomic mass is 14.6. The third-order valence-electron chi connectivity index (χ3n) is 5.34. The van der Waals surface area contributed by atoms with Crippen molar-refractivity contribution < 1.29 is 0 Å². The van der Waals surface area contributed by atoms with Gasteiger partial charge in [-0.3, -0.25) is 0 Å². The van der Waals surface area contributed by atoms with Gasteiger partial charge in [0.2, 0.25) is 0 Å². The molecule has 30 heavy (non-hydrogen) atoms. The molecule has 0 aromatic heterocycles. The molecule has 0 unspecified atom stereocenters. The van der Waals surface area contributed by atoms with E-state index in [-0.39, 0.29) is 0 Å². The molecule has 158 valence electrons. The molecule has 4 aromatic rings. The van der Waals surface area contributed by atoms with Crippen LogP contribution in [0.3, 0.4) is 0 Å². The molecule has 2 N–H and O–H groups in total. The van der Waals surface area contributed by atoms with E-state index in [1.165, 1.54) is 38.2 Å². The Hall–Kier alpha value is -2.80. The van der Waals surface area contributed by atoms with E-state index in [0.29, 0.717) is 11.8 Å². The normalized spacial score (nSPS) is 10.6. The Morgan fingerprint density at radius 3 is 1.73 bits per heavy atom. The summed E-state index contributed by atoms with van der Waals surface area (Å²) in [5.41, 5.74) is 11.0. The molecule has 0 amide bonds. The number of fused-ring (bicyclic) bond motifs is 2. The van der Waals surface area contributed by atoms with Crippen LogP contribution in [0.2, 0.25) is 0 Å². The van der Waals surface area contributed by atoms with Gasteiger partial charge < -0.3 is 5.73 Å². The average Bonchev–Trinajstić information content (AvgIpc) is 2.74. The Labute approximate surface area is 182 Å². The number of nitrogens with two attached hydrogens (primary N) is 1. The summed E-state index contributed by atoms with van der Waals surface area (Å²) in [6, 6.07) is 25.6. The number of hydrogen-bond acceptors (Lipinski definition) is 1. The molecule has 1 nitrogen and oxygen atoms in total. The predicted octanol–water partition coefficient (Wildman–Crippen LogP) is 8.84. The van der Waals surface area contributed by atoms with Crippen LogP contribution in [0.5, 0.6) is 0 Å². The second kappa shape index (κ2) is 10.8. The quantitative estimate of drug-likeness (QED) is 0.335. The lowest BCUT2D eigenvalue weighted by atomic mass is 9.92. The Morgan fingerprint density at radius 1 is 0.633 bits per heavy atom. The third kappa shape index (κ3) is 5.42. The number of aryl methyl sites for hydroxylation is 1. The van der Waals surface area contributed by atoms with Crippen molar-refractivity contribution in [2.24, 2.45) is 0 Å². The fourth-order valence-electron chi connectivity index (χ4n) is 3.95. The molecule has 0 bridgehead atoms. The Bertz CT molecular complexity index is 1080. The first kappa shape index (κ1) is 23.5. The van der Waals surface area contributed by atoms with Crippen LogP contribution in [0.15, 0.2) is 72.8 Å². The number of rotatable bonds is 2. The summed E-state index contributed by atoms with van der Waals surface area (Å²) in [5, 5.41) is 5.24. The van der Waals surface area contributed by atoms with Crippen LogP contribution in [0.1, 0.15) is 70.1 Å². The van der Waals surface area contributed by atoms with E-state index < -0.39 is 0 Å². The fraction of sp³-hybridized carbons (Fsp3) is 0.310. The van der Waals surface area contributed by atoms with E-state index in [9.17, 15) is 0 Å². The molecular weight excluding hydrogens is 362 g/mol. The summed E-state index contributed by atoms with van der Waals surface area (Å²) in [4.78, 5) is 0. The van der Waals surface area contributed by atoms with Crippen molar-refractivity contribution in [1.82, 2.24) is 0 Å². The van der Waals surface area contributed by atoms with Crippen LogP contribution in [0.4, 0.5) is 5.69 Å². The molecule has 0 saturated heterocycles. The predicted molar refractivity (Wildman–Crippen MR) is 137 cm³/mol. The van der Waals surface area contributed by atoms with Crippen molar-refractivity contribution in [3.05, 3.63) is 89.5 Å². The van der Waals surface area contributed by atoms with Gasteiger partial charge in [0, 0.05) is 5.69 Å². The molecular formula is C29H37N. The second-order valence-corrected chi connectivity index (χ2v) is 8.15. The molecule has 0 atom stereocenters. The summed E-state index contributed by atoms with van der Waals surface area (Å²) in [6.07, 6.45) is 0. The fourth-order valence-corrected chi connectivity index (χ4v) is 3.95. The number of hydrogen-bond donors (Lipinski definition) is 1. The Balaban J connectivity index is 0.000000197. The zero-order valence-electron chi connectivity index (χ0n) is 19.7. The van der Waals surface area contributed by atoms with E-state index in [0.717, 1.165) is 5.69 Å². The molecule has 4 aromatic carbocycles. The largest absolute Gasteiger partial charge is 0.398 e. The highest BCUT2D eigenvalue weighted by molar-refractivity contribution is 5.87. The first-order valence-corrected chi connectivity index (χ1v) is 11.1. The van der Waals surface area contributed by atoms with Crippen LogP contribution in [-0.4, -0.2) is 0 Å². The maximum Gasteiger partial charge on any atom is 0.0355 e. The van der Waals surface area contributed by atoms with Crippen molar-refractivity contribution in [2.75, 3.05) is 5.73 Å². The molecule has 0 radical (unpaired) electrons. The minimum Gasteiger partial charge on any atom is -0.398 e. The van der Waals surface area contributed by atoms with Crippen molar-refractivity contribution in [3.63, 3.8) is 0 Å². The van der Waals surface area contributed by atoms with Gasteiger partial charge in [0.05, 0.1) is 0 Å². The summed E-state index contributed by atoms with van der Waals surface area (Å²) in [7, 11) is 0. The Morgan fingerprint density at radius 2 is 1.17 bits per heavy atom. The van der Waals surface area contributed by atoms with Gasteiger partial charge in [-0.05, 0) is 69.1 Å². The molecule has 4 rings (SSSR count). The van der Waals surface area contributed by atoms with Crippen LogP contribution < -0.4 is 5.73 Å². The highest BCUT2D eigenvalue weighted by Gasteiger charge is 2.07. The average molecular weight is 400 g/mol. The number of nitrogen functional groups attached to an aromatic ring is 1. The molecule has 0 saturated carbocycles. The van der Waals surface area contributed by atoms with Gasteiger partial charge in [-0.15, -0.1) is 0 Å². The molecule has 0 aliphatic heterocycles. The van der Waals surface area contributed by atoms with E-state index in [4.69, 9.17) is 5.73 Å². The van der Waals surface area contributed by atoms with Crippen molar-refractivity contribution >= 4 is 27.2 Å². The van der Waals surface area contributed by atoms with Gasteiger partial charge in [-0.1, -0.05) is 102 Å². The van der Waals surface area contributed by atoms with Crippen molar-refractivity contribution in [2.45, 2.75) is 60.3 Å². The van der Waals surface area contributed by atoms with Crippen LogP contribution >= 0.6 is 0 Å². The zero-order valence-corrected chi connectivity index (χ0v) is 19.7. The lowest BCUT2D eigenvalue weighted by Crippen LogP contribution is -1.96. The van der Waals surface area contributed by atoms with Crippen molar-refractivity contribution in [1.29, 1.82) is 0 Å². The molecule has 0 fully saturated rings. The van der Waals surface area contributed by atoms with Gasteiger partial charge in [-0.25, -0.2) is 0 Å². The van der Waals surface area contributed by atoms with E-state index in [2.05, 4.69) is 101 Å². The van der Waals surface area contributed by atoms with E-state index >= 15 is 0 Å². The van der Waals surface area contributed by atoms with Crippen LogP contribution in [0, 0.1) is 6.92 Å². The molecule has 0 heterocycles. The van der Waals surface area contributed by atoms with Gasteiger partial charge in [0.25, 0.3) is 0 Å². The topological polar surface area (TPSA) is 26.0 Å². The Kier molecular flexibility index (Phi) is 8.47. The minimum absolute atomic E-state index is 0.486. The molecule has 0 aliphatic rings. The van der Waals surface area contributed by atoms with Gasteiger partial charge in [0.15, 0.2) is 0 Å². The molecule has 0 aliphatic carbocycles. The number of anilines is 1. The first-order valence-electron chi connectivity index (χ1n) is 11.1. The standard InChI is InChI=1S/C14H16.C13H15N.C2H6/c1-10(2)14-11(3)8-9-12-6-4-5-7-13(12)14;1-9(2)12-7-10-5-3-4-6-11(10)8-13(12)14;1-2/h4-10H,1-3H3;3-9H,14H2,1-2H3;1-2H3. The van der Waals surface area contributed by atoms with Gasteiger partial charge in [-0.2, -0.15) is 0 Å². The minimum atomic E-state index is 0.486. The van der Waals surface area contributed by atoms with Crippen LogP contribution in [-0.2, 0) is 0 Å². The molecule has 1 heteroatoms. The zero-order chi connectivity index (χ0) is 22.3. The van der Waals surface area contributed by atoms with Gasteiger partial charge >= 0.3 is 0 Å². The second-order valence-electron chi connectivity index (χ2n) is 8.15. The maximum absolute atomic E-state index is 5.99. The SMILES string of the molecule is CC.CC(C)c1cc2ccccc2cc1N.Cc1ccc2ccccc2c1C(C)C.